The minimum atomic E-state index is -1.45. The first-order chi connectivity index (χ1) is 9.75. The summed E-state index contributed by atoms with van der Waals surface area (Å²) in [5, 5.41) is 18.2. The quantitative estimate of drug-likeness (QED) is 0.595. The highest BCUT2D eigenvalue weighted by Crippen LogP contribution is 2.09. The summed E-state index contributed by atoms with van der Waals surface area (Å²) in [5.41, 5.74) is 1.80. The smallest absolute Gasteiger partial charge is 0.488 e. The summed E-state index contributed by atoms with van der Waals surface area (Å²) in [6.45, 7) is 0.637. The molecule has 0 aromatic heterocycles. The largest absolute Gasteiger partial charge is 0.494 e. The van der Waals surface area contributed by atoms with Crippen molar-refractivity contribution in [2.45, 2.75) is 19.3 Å². The molecular weight excluding hydrogens is 251 g/mol. The maximum Gasteiger partial charge on any atom is 0.488 e. The molecule has 0 aliphatic heterocycles. The van der Waals surface area contributed by atoms with Gasteiger partial charge >= 0.3 is 7.12 Å². The zero-order valence-electron chi connectivity index (χ0n) is 11.4. The molecule has 0 unspecified atom stereocenters. The number of hydrogen-bond acceptors (Lipinski definition) is 3. The first-order valence-electron chi connectivity index (χ1n) is 6.88. The molecule has 0 amide bonds. The Kier molecular flexibility index (Phi) is 5.65. The van der Waals surface area contributed by atoms with Crippen LogP contribution in [0.15, 0.2) is 54.6 Å². The molecule has 4 heteroatoms. The molecule has 0 bridgehead atoms. The van der Waals surface area contributed by atoms with Crippen molar-refractivity contribution < 1.29 is 14.8 Å². The number of aryl methyl sites for hydroxylation is 1. The van der Waals surface area contributed by atoms with Gasteiger partial charge in [0.05, 0.1) is 6.61 Å². The summed E-state index contributed by atoms with van der Waals surface area (Å²) < 4.78 is 5.61. The third-order valence-corrected chi connectivity index (χ3v) is 3.13. The lowest BCUT2D eigenvalue weighted by molar-refractivity contribution is 0.307. The number of rotatable bonds is 7. The third kappa shape index (κ3) is 4.72. The Morgan fingerprint density at radius 1 is 0.900 bits per heavy atom. The Hall–Kier alpha value is -1.78. The van der Waals surface area contributed by atoms with E-state index in [0.29, 0.717) is 17.8 Å². The summed E-state index contributed by atoms with van der Waals surface area (Å²) >= 11 is 0. The first kappa shape index (κ1) is 14.6. The normalized spacial score (nSPS) is 10.3. The minimum absolute atomic E-state index is 0.451. The molecular formula is C16H19BO3. The predicted octanol–water partition coefficient (Wildman–Crippen LogP) is 1.77. The highest BCUT2D eigenvalue weighted by atomic mass is 16.5. The van der Waals surface area contributed by atoms with Crippen molar-refractivity contribution in [3.8, 4) is 5.75 Å². The van der Waals surface area contributed by atoms with Gasteiger partial charge in [-0.15, -0.1) is 0 Å². The lowest BCUT2D eigenvalue weighted by atomic mass is 9.80. The molecule has 0 fully saturated rings. The molecule has 20 heavy (non-hydrogen) atoms. The maximum atomic E-state index is 9.08. The van der Waals surface area contributed by atoms with E-state index in [0.717, 1.165) is 19.3 Å². The molecule has 2 rings (SSSR count). The van der Waals surface area contributed by atoms with Crippen LogP contribution >= 0.6 is 0 Å². The van der Waals surface area contributed by atoms with E-state index in [9.17, 15) is 0 Å². The van der Waals surface area contributed by atoms with E-state index in [1.807, 2.05) is 12.1 Å². The van der Waals surface area contributed by atoms with Gasteiger partial charge in [0.25, 0.3) is 0 Å². The van der Waals surface area contributed by atoms with Crippen molar-refractivity contribution >= 4 is 12.6 Å². The topological polar surface area (TPSA) is 49.7 Å². The van der Waals surface area contributed by atoms with Crippen molar-refractivity contribution in [1.82, 2.24) is 0 Å². The second-order valence-corrected chi connectivity index (χ2v) is 4.74. The molecule has 2 aromatic rings. The highest BCUT2D eigenvalue weighted by molar-refractivity contribution is 6.58. The van der Waals surface area contributed by atoms with Gasteiger partial charge in [0.2, 0.25) is 0 Å². The van der Waals surface area contributed by atoms with E-state index >= 15 is 0 Å². The van der Waals surface area contributed by atoms with Gasteiger partial charge in [-0.3, -0.25) is 0 Å². The predicted molar refractivity (Wildman–Crippen MR) is 81.1 cm³/mol. The van der Waals surface area contributed by atoms with Crippen molar-refractivity contribution in [2.24, 2.45) is 0 Å². The molecule has 0 aliphatic carbocycles. The lowest BCUT2D eigenvalue weighted by Crippen LogP contribution is -2.29. The van der Waals surface area contributed by atoms with Gasteiger partial charge in [0.15, 0.2) is 0 Å². The molecule has 0 saturated heterocycles. The third-order valence-electron chi connectivity index (χ3n) is 3.13. The Morgan fingerprint density at radius 3 is 2.45 bits per heavy atom. The zero-order chi connectivity index (χ0) is 14.2. The van der Waals surface area contributed by atoms with Crippen LogP contribution in [0.5, 0.6) is 5.75 Å². The van der Waals surface area contributed by atoms with Crippen LogP contribution < -0.4 is 10.2 Å². The van der Waals surface area contributed by atoms with E-state index in [1.165, 1.54) is 5.56 Å². The van der Waals surface area contributed by atoms with Gasteiger partial charge in [0, 0.05) is 0 Å². The molecule has 0 spiro atoms. The van der Waals surface area contributed by atoms with Gasteiger partial charge in [0.1, 0.15) is 5.75 Å². The molecule has 2 N–H and O–H groups in total. The molecule has 3 nitrogen and oxygen atoms in total. The van der Waals surface area contributed by atoms with Crippen LogP contribution in [-0.2, 0) is 6.42 Å². The van der Waals surface area contributed by atoms with Crippen LogP contribution in [0.25, 0.3) is 0 Å². The summed E-state index contributed by atoms with van der Waals surface area (Å²) in [6, 6.07) is 17.3. The fraction of sp³-hybridized carbons (Fsp3) is 0.250. The fourth-order valence-corrected chi connectivity index (χ4v) is 2.03. The van der Waals surface area contributed by atoms with Gasteiger partial charge < -0.3 is 14.8 Å². The van der Waals surface area contributed by atoms with E-state index in [1.54, 1.807) is 18.2 Å². The van der Waals surface area contributed by atoms with Crippen LogP contribution in [0.4, 0.5) is 0 Å². The SMILES string of the molecule is OB(O)c1cccc(OCCCCc2ccccc2)c1. The monoisotopic (exact) mass is 270 g/mol. The van der Waals surface area contributed by atoms with Crippen molar-refractivity contribution in [2.75, 3.05) is 6.61 Å². The molecule has 104 valence electrons. The highest BCUT2D eigenvalue weighted by Gasteiger charge is 2.10. The number of hydrogen-bond donors (Lipinski definition) is 2. The molecule has 0 heterocycles. The second kappa shape index (κ2) is 7.73. The number of unbranched alkanes of at least 4 members (excludes halogenated alkanes) is 1. The molecule has 0 atom stereocenters. The lowest BCUT2D eigenvalue weighted by Gasteiger charge is -2.08. The average Bonchev–Trinajstić information content (AvgIpc) is 2.48. The van der Waals surface area contributed by atoms with Crippen LogP contribution in [-0.4, -0.2) is 23.8 Å². The summed E-state index contributed by atoms with van der Waals surface area (Å²) in [5.74, 6) is 0.676. The molecule has 2 aromatic carbocycles. The van der Waals surface area contributed by atoms with Gasteiger partial charge in [-0.05, 0) is 42.4 Å². The Morgan fingerprint density at radius 2 is 1.70 bits per heavy atom. The Balaban J connectivity index is 1.69. The van der Waals surface area contributed by atoms with Gasteiger partial charge in [-0.1, -0.05) is 42.5 Å². The Bertz CT molecular complexity index is 514. The van der Waals surface area contributed by atoms with E-state index in [4.69, 9.17) is 14.8 Å². The fourth-order valence-electron chi connectivity index (χ4n) is 2.03. The summed E-state index contributed by atoms with van der Waals surface area (Å²) in [4.78, 5) is 0. The number of ether oxygens (including phenoxy) is 1. The van der Waals surface area contributed by atoms with E-state index < -0.39 is 7.12 Å². The molecule has 0 radical (unpaired) electrons. The molecule has 0 aliphatic rings. The summed E-state index contributed by atoms with van der Waals surface area (Å²) in [7, 11) is -1.45. The minimum Gasteiger partial charge on any atom is -0.494 e. The van der Waals surface area contributed by atoms with Crippen LogP contribution in [0.3, 0.4) is 0 Å². The van der Waals surface area contributed by atoms with Crippen molar-refractivity contribution in [1.29, 1.82) is 0 Å². The average molecular weight is 270 g/mol. The van der Waals surface area contributed by atoms with Gasteiger partial charge in [-0.2, -0.15) is 0 Å². The van der Waals surface area contributed by atoms with Crippen molar-refractivity contribution in [3.05, 3.63) is 60.2 Å². The second-order valence-electron chi connectivity index (χ2n) is 4.74. The maximum absolute atomic E-state index is 9.08. The van der Waals surface area contributed by atoms with Gasteiger partial charge in [-0.25, -0.2) is 0 Å². The van der Waals surface area contributed by atoms with Crippen LogP contribution in [0.1, 0.15) is 18.4 Å². The number of benzene rings is 2. The summed E-state index contributed by atoms with van der Waals surface area (Å²) in [6.07, 6.45) is 3.10. The first-order valence-corrected chi connectivity index (χ1v) is 6.88. The zero-order valence-corrected chi connectivity index (χ0v) is 11.4. The van der Waals surface area contributed by atoms with E-state index in [-0.39, 0.29) is 0 Å². The van der Waals surface area contributed by atoms with Crippen LogP contribution in [0.2, 0.25) is 0 Å². The molecule has 0 saturated carbocycles. The van der Waals surface area contributed by atoms with E-state index in [2.05, 4.69) is 24.3 Å². The van der Waals surface area contributed by atoms with Crippen LogP contribution in [0, 0.1) is 0 Å². The van der Waals surface area contributed by atoms with Crippen molar-refractivity contribution in [3.63, 3.8) is 0 Å². The standard InChI is InChI=1S/C16H19BO3/c18-17(19)15-10-6-11-16(13-15)20-12-5-4-9-14-7-2-1-3-8-14/h1-3,6-8,10-11,13,18-19H,4-5,9,12H2. The Labute approximate surface area is 120 Å².